The third-order valence-electron chi connectivity index (χ3n) is 4.40. The van der Waals surface area contributed by atoms with Crippen molar-refractivity contribution in [1.29, 1.82) is 0 Å². The number of aromatic nitrogens is 4. The lowest BCUT2D eigenvalue weighted by Gasteiger charge is -2.05. The number of carbonyl (C=O) groups excluding carboxylic acids is 1. The fourth-order valence-corrected chi connectivity index (χ4v) is 3.01. The van der Waals surface area contributed by atoms with Crippen molar-refractivity contribution in [3.63, 3.8) is 0 Å². The summed E-state index contributed by atoms with van der Waals surface area (Å²) in [4.78, 5) is 25.0. The number of rotatable bonds is 7. The van der Waals surface area contributed by atoms with E-state index in [1.807, 2.05) is 12.1 Å². The van der Waals surface area contributed by atoms with Gasteiger partial charge in [-0.2, -0.15) is 4.98 Å². The predicted octanol–water partition coefficient (Wildman–Crippen LogP) is 4.51. The van der Waals surface area contributed by atoms with Crippen molar-refractivity contribution >= 4 is 23.2 Å². The Hall–Kier alpha value is -3.78. The van der Waals surface area contributed by atoms with Crippen LogP contribution in [0.4, 0.5) is 5.69 Å². The van der Waals surface area contributed by atoms with Gasteiger partial charge in [0, 0.05) is 29.0 Å². The standard InChI is InChI=1S/C22H18ClN5O3/c23-16-9-7-14(8-10-16)22-27-20(31-28-22)6-2-5-19(30)26-17-12-24-21(25-13-17)15-3-1-4-18(29)11-15/h1,3-4,7-13,29H,2,5-6H2,(H,26,30). The first-order valence-electron chi connectivity index (χ1n) is 9.57. The molecule has 9 heteroatoms. The number of nitrogens with one attached hydrogen (secondary N) is 1. The molecule has 2 heterocycles. The zero-order valence-corrected chi connectivity index (χ0v) is 17.1. The fourth-order valence-electron chi connectivity index (χ4n) is 2.88. The highest BCUT2D eigenvalue weighted by molar-refractivity contribution is 6.30. The van der Waals surface area contributed by atoms with Gasteiger partial charge in [0.1, 0.15) is 5.75 Å². The third-order valence-corrected chi connectivity index (χ3v) is 4.66. The molecule has 2 aromatic carbocycles. The number of hydrogen-bond acceptors (Lipinski definition) is 7. The third kappa shape index (κ3) is 5.43. The van der Waals surface area contributed by atoms with E-state index in [1.165, 1.54) is 12.4 Å². The molecule has 4 rings (SSSR count). The van der Waals surface area contributed by atoms with Gasteiger partial charge in [-0.25, -0.2) is 9.97 Å². The lowest BCUT2D eigenvalue weighted by Crippen LogP contribution is -2.12. The van der Waals surface area contributed by atoms with E-state index < -0.39 is 0 Å². The number of nitrogens with zero attached hydrogens (tertiary/aromatic N) is 4. The monoisotopic (exact) mass is 435 g/mol. The average Bonchev–Trinajstić information content (AvgIpc) is 3.24. The maximum absolute atomic E-state index is 12.2. The Kier molecular flexibility index (Phi) is 6.18. The van der Waals surface area contributed by atoms with Crippen molar-refractivity contribution in [3.05, 3.63) is 71.8 Å². The van der Waals surface area contributed by atoms with E-state index in [9.17, 15) is 9.90 Å². The van der Waals surface area contributed by atoms with E-state index >= 15 is 0 Å². The number of benzene rings is 2. The van der Waals surface area contributed by atoms with Crippen LogP contribution in [0.5, 0.6) is 5.75 Å². The number of halogens is 1. The molecule has 0 bridgehead atoms. The van der Waals surface area contributed by atoms with Gasteiger partial charge >= 0.3 is 0 Å². The van der Waals surface area contributed by atoms with Crippen LogP contribution in [0.1, 0.15) is 18.7 Å². The van der Waals surface area contributed by atoms with Crippen LogP contribution in [0.25, 0.3) is 22.8 Å². The van der Waals surface area contributed by atoms with Gasteiger partial charge in [-0.1, -0.05) is 28.9 Å². The molecule has 0 aliphatic rings. The maximum atomic E-state index is 12.2. The summed E-state index contributed by atoms with van der Waals surface area (Å²) in [7, 11) is 0. The van der Waals surface area contributed by atoms with Crippen LogP contribution in [0.3, 0.4) is 0 Å². The lowest BCUT2D eigenvalue weighted by molar-refractivity contribution is -0.116. The summed E-state index contributed by atoms with van der Waals surface area (Å²) in [5, 5.41) is 16.9. The van der Waals surface area contributed by atoms with Crippen molar-refractivity contribution in [2.24, 2.45) is 0 Å². The van der Waals surface area contributed by atoms with Crippen LogP contribution in [0, 0.1) is 0 Å². The smallest absolute Gasteiger partial charge is 0.226 e. The zero-order valence-electron chi connectivity index (χ0n) is 16.3. The van der Waals surface area contributed by atoms with E-state index in [-0.39, 0.29) is 18.1 Å². The van der Waals surface area contributed by atoms with Gasteiger partial charge in [-0.15, -0.1) is 0 Å². The number of phenolic OH excluding ortho intramolecular Hbond substituents is 1. The minimum atomic E-state index is -0.161. The molecule has 0 aliphatic heterocycles. The molecule has 0 saturated heterocycles. The number of amides is 1. The molecule has 0 aliphatic carbocycles. The van der Waals surface area contributed by atoms with Gasteiger partial charge in [-0.05, 0) is 42.8 Å². The second-order valence-electron chi connectivity index (χ2n) is 6.77. The first-order valence-corrected chi connectivity index (χ1v) is 9.94. The van der Waals surface area contributed by atoms with Gasteiger partial charge < -0.3 is 14.9 Å². The normalized spacial score (nSPS) is 10.7. The highest BCUT2D eigenvalue weighted by atomic mass is 35.5. The molecular weight excluding hydrogens is 418 g/mol. The molecule has 0 fully saturated rings. The molecular formula is C22H18ClN5O3. The van der Waals surface area contributed by atoms with Gasteiger partial charge in [0.15, 0.2) is 5.82 Å². The topological polar surface area (TPSA) is 114 Å². The molecule has 0 radical (unpaired) electrons. The maximum Gasteiger partial charge on any atom is 0.226 e. The number of aryl methyl sites for hydroxylation is 1. The Morgan fingerprint density at radius 1 is 1.03 bits per heavy atom. The fraction of sp³-hybridized carbons (Fsp3) is 0.136. The summed E-state index contributed by atoms with van der Waals surface area (Å²) in [5.41, 5.74) is 2.00. The quantitative estimate of drug-likeness (QED) is 0.438. The van der Waals surface area contributed by atoms with E-state index in [0.29, 0.717) is 46.7 Å². The van der Waals surface area contributed by atoms with Gasteiger partial charge in [0.05, 0.1) is 18.1 Å². The Bertz CT molecular complexity index is 1180. The largest absolute Gasteiger partial charge is 0.508 e. The number of phenols is 1. The highest BCUT2D eigenvalue weighted by Crippen LogP contribution is 2.21. The molecule has 0 saturated carbocycles. The first kappa shape index (κ1) is 20.5. The second-order valence-corrected chi connectivity index (χ2v) is 7.20. The number of aromatic hydroxyl groups is 1. The van der Waals surface area contributed by atoms with E-state index in [4.69, 9.17) is 16.1 Å². The van der Waals surface area contributed by atoms with Crippen LogP contribution in [-0.4, -0.2) is 31.1 Å². The van der Waals surface area contributed by atoms with Crippen molar-refractivity contribution in [1.82, 2.24) is 20.1 Å². The Balaban J connectivity index is 1.26. The van der Waals surface area contributed by atoms with Gasteiger partial charge in [0.2, 0.25) is 17.6 Å². The summed E-state index contributed by atoms with van der Waals surface area (Å²) < 4.78 is 5.25. The van der Waals surface area contributed by atoms with Gasteiger partial charge in [0.25, 0.3) is 0 Å². The highest BCUT2D eigenvalue weighted by Gasteiger charge is 2.10. The predicted molar refractivity (Wildman–Crippen MR) is 115 cm³/mol. The van der Waals surface area contributed by atoms with E-state index in [1.54, 1.807) is 36.4 Å². The number of carbonyl (C=O) groups is 1. The molecule has 8 nitrogen and oxygen atoms in total. The molecule has 4 aromatic rings. The molecule has 0 atom stereocenters. The van der Waals surface area contributed by atoms with Crippen molar-refractivity contribution in [3.8, 4) is 28.5 Å². The summed E-state index contributed by atoms with van der Waals surface area (Å²) >= 11 is 5.88. The summed E-state index contributed by atoms with van der Waals surface area (Å²) in [6, 6.07) is 13.8. The minimum Gasteiger partial charge on any atom is -0.508 e. The van der Waals surface area contributed by atoms with Crippen molar-refractivity contribution in [2.45, 2.75) is 19.3 Å². The van der Waals surface area contributed by atoms with Crippen LogP contribution < -0.4 is 5.32 Å². The summed E-state index contributed by atoms with van der Waals surface area (Å²) in [6.45, 7) is 0. The lowest BCUT2D eigenvalue weighted by atomic mass is 10.2. The molecule has 31 heavy (non-hydrogen) atoms. The summed E-state index contributed by atoms with van der Waals surface area (Å²) in [5.74, 6) is 1.39. The van der Waals surface area contributed by atoms with Crippen LogP contribution >= 0.6 is 11.6 Å². The Morgan fingerprint density at radius 2 is 1.81 bits per heavy atom. The van der Waals surface area contributed by atoms with Gasteiger partial charge in [-0.3, -0.25) is 4.79 Å². The van der Waals surface area contributed by atoms with Crippen LogP contribution in [0.2, 0.25) is 5.02 Å². The number of hydrogen-bond donors (Lipinski definition) is 2. The van der Waals surface area contributed by atoms with Crippen LogP contribution in [0.15, 0.2) is 65.4 Å². The Labute approximate surface area is 182 Å². The van der Waals surface area contributed by atoms with Crippen molar-refractivity contribution in [2.75, 3.05) is 5.32 Å². The molecule has 1 amide bonds. The molecule has 156 valence electrons. The zero-order chi connectivity index (χ0) is 21.6. The molecule has 2 aromatic heterocycles. The number of anilines is 1. The Morgan fingerprint density at radius 3 is 2.55 bits per heavy atom. The SMILES string of the molecule is O=C(CCCc1nc(-c2ccc(Cl)cc2)no1)Nc1cnc(-c2cccc(O)c2)nc1. The second kappa shape index (κ2) is 9.36. The first-order chi connectivity index (χ1) is 15.1. The molecule has 0 unspecified atom stereocenters. The van der Waals surface area contributed by atoms with Crippen LogP contribution in [-0.2, 0) is 11.2 Å². The molecule has 0 spiro atoms. The summed E-state index contributed by atoms with van der Waals surface area (Å²) in [6.07, 6.45) is 4.38. The minimum absolute atomic E-state index is 0.139. The van der Waals surface area contributed by atoms with E-state index in [0.717, 1.165) is 5.56 Å². The molecule has 2 N–H and O–H groups in total. The van der Waals surface area contributed by atoms with Crippen molar-refractivity contribution < 1.29 is 14.4 Å². The van der Waals surface area contributed by atoms with E-state index in [2.05, 4.69) is 25.4 Å². The average molecular weight is 436 g/mol.